The lowest BCUT2D eigenvalue weighted by molar-refractivity contribution is -0.122. The number of amidine groups is 1. The molecule has 3 rings (SSSR count). The molecule has 0 aromatic carbocycles. The van der Waals surface area contributed by atoms with E-state index in [4.69, 9.17) is 0 Å². The molecule has 1 saturated carbocycles. The summed E-state index contributed by atoms with van der Waals surface area (Å²) in [6.07, 6.45) is 7.03. The van der Waals surface area contributed by atoms with E-state index >= 15 is 0 Å². The summed E-state index contributed by atoms with van der Waals surface area (Å²) in [6, 6.07) is -0.0640. The molecule has 7 heteroatoms. The number of nitrogens with zero attached hydrogens (tertiary/aromatic N) is 2. The van der Waals surface area contributed by atoms with Gasteiger partial charge in [-0.1, -0.05) is 37.1 Å². The summed E-state index contributed by atoms with van der Waals surface area (Å²) in [7, 11) is -2.97. The summed E-state index contributed by atoms with van der Waals surface area (Å²) >= 11 is 1.45. The van der Waals surface area contributed by atoms with Gasteiger partial charge in [0.05, 0.1) is 17.5 Å². The van der Waals surface area contributed by atoms with Gasteiger partial charge < -0.3 is 4.90 Å². The molecule has 1 amide bonds. The first-order chi connectivity index (χ1) is 10.5. The lowest BCUT2D eigenvalue weighted by Gasteiger charge is -2.23. The highest BCUT2D eigenvalue weighted by Gasteiger charge is 2.48. The molecule has 0 spiro atoms. The topological polar surface area (TPSA) is 66.8 Å². The molecule has 2 atom stereocenters. The summed E-state index contributed by atoms with van der Waals surface area (Å²) in [5.41, 5.74) is 0. The number of hydrogen-bond donors (Lipinski definition) is 0. The van der Waals surface area contributed by atoms with Gasteiger partial charge in [-0.25, -0.2) is 8.42 Å². The molecule has 1 aliphatic carbocycles. The van der Waals surface area contributed by atoms with Crippen LogP contribution in [0.5, 0.6) is 0 Å². The number of rotatable bonds is 3. The van der Waals surface area contributed by atoms with E-state index in [-0.39, 0.29) is 34.6 Å². The van der Waals surface area contributed by atoms with E-state index in [1.54, 1.807) is 6.08 Å². The second-order valence-electron chi connectivity index (χ2n) is 6.31. The van der Waals surface area contributed by atoms with Crippen LogP contribution < -0.4 is 0 Å². The van der Waals surface area contributed by atoms with Gasteiger partial charge >= 0.3 is 0 Å². The Morgan fingerprint density at radius 2 is 2.05 bits per heavy atom. The molecular formula is C15H22N2O3S2. The van der Waals surface area contributed by atoms with Crippen molar-refractivity contribution in [3.63, 3.8) is 0 Å². The predicted molar refractivity (Wildman–Crippen MR) is 89.7 cm³/mol. The number of amides is 1. The van der Waals surface area contributed by atoms with E-state index in [1.165, 1.54) is 18.2 Å². The fourth-order valence-corrected chi connectivity index (χ4v) is 7.49. The molecule has 0 radical (unpaired) electrons. The SMILES string of the molecule is C=CCN1C(=NC(=O)C2CCCCC2)S[C@H]2CS(=O)(=O)C[C@@H]21. The molecule has 122 valence electrons. The van der Waals surface area contributed by atoms with Gasteiger partial charge in [-0.15, -0.1) is 6.58 Å². The minimum absolute atomic E-state index is 0.00264. The van der Waals surface area contributed by atoms with Crippen LogP contribution in [0.25, 0.3) is 0 Å². The molecule has 2 heterocycles. The van der Waals surface area contributed by atoms with E-state index < -0.39 is 9.84 Å². The van der Waals surface area contributed by atoms with Crippen LogP contribution in [0.4, 0.5) is 0 Å². The van der Waals surface area contributed by atoms with Crippen LogP contribution in [-0.2, 0) is 14.6 Å². The number of hydrogen-bond acceptors (Lipinski definition) is 4. The number of thioether (sulfide) groups is 1. The quantitative estimate of drug-likeness (QED) is 0.732. The van der Waals surface area contributed by atoms with Gasteiger partial charge in [0.25, 0.3) is 5.91 Å². The third kappa shape index (κ3) is 3.25. The molecule has 5 nitrogen and oxygen atoms in total. The van der Waals surface area contributed by atoms with E-state index in [2.05, 4.69) is 11.6 Å². The summed E-state index contributed by atoms with van der Waals surface area (Å²) in [5, 5.41) is 0.697. The Balaban J connectivity index is 1.76. The number of fused-ring (bicyclic) bond motifs is 1. The Morgan fingerprint density at radius 3 is 2.73 bits per heavy atom. The van der Waals surface area contributed by atoms with E-state index in [0.717, 1.165) is 25.7 Å². The van der Waals surface area contributed by atoms with Crippen LogP contribution >= 0.6 is 11.8 Å². The Hall–Kier alpha value is -0.820. The largest absolute Gasteiger partial charge is 0.342 e. The Labute approximate surface area is 136 Å². The lowest BCUT2D eigenvalue weighted by atomic mass is 9.89. The smallest absolute Gasteiger partial charge is 0.251 e. The first-order valence-corrected chi connectivity index (χ1v) is 10.6. The van der Waals surface area contributed by atoms with E-state index in [1.807, 2.05) is 4.90 Å². The van der Waals surface area contributed by atoms with Gasteiger partial charge in [0.1, 0.15) is 0 Å². The normalized spacial score (nSPS) is 33.1. The second kappa shape index (κ2) is 6.35. The highest BCUT2D eigenvalue weighted by atomic mass is 32.2. The lowest BCUT2D eigenvalue weighted by Crippen LogP contribution is -2.37. The zero-order chi connectivity index (χ0) is 15.7. The maximum Gasteiger partial charge on any atom is 0.251 e. The third-order valence-corrected chi connectivity index (χ3v) is 7.91. The number of sulfone groups is 1. The monoisotopic (exact) mass is 342 g/mol. The first-order valence-electron chi connectivity index (χ1n) is 7.87. The van der Waals surface area contributed by atoms with Crippen molar-refractivity contribution in [2.45, 2.75) is 43.4 Å². The van der Waals surface area contributed by atoms with Crippen molar-refractivity contribution in [3.05, 3.63) is 12.7 Å². The van der Waals surface area contributed by atoms with Gasteiger partial charge in [-0.3, -0.25) is 4.79 Å². The fourth-order valence-electron chi connectivity index (χ4n) is 3.52. The van der Waals surface area contributed by atoms with Crippen molar-refractivity contribution in [3.8, 4) is 0 Å². The maximum atomic E-state index is 12.4. The molecule has 0 aromatic rings. The molecule has 2 aliphatic heterocycles. The van der Waals surface area contributed by atoms with Gasteiger partial charge in [0.15, 0.2) is 15.0 Å². The Morgan fingerprint density at radius 1 is 1.32 bits per heavy atom. The number of carbonyl (C=O) groups excluding carboxylic acids is 1. The van der Waals surface area contributed by atoms with E-state index in [0.29, 0.717) is 11.7 Å². The van der Waals surface area contributed by atoms with Crippen LogP contribution in [0, 0.1) is 5.92 Å². The van der Waals surface area contributed by atoms with Crippen molar-refractivity contribution in [1.29, 1.82) is 0 Å². The summed E-state index contributed by atoms with van der Waals surface area (Å²) < 4.78 is 23.6. The van der Waals surface area contributed by atoms with Crippen molar-refractivity contribution in [1.82, 2.24) is 4.90 Å². The van der Waals surface area contributed by atoms with Crippen LogP contribution in [0.15, 0.2) is 17.6 Å². The van der Waals surface area contributed by atoms with Crippen LogP contribution in [0.1, 0.15) is 32.1 Å². The average molecular weight is 342 g/mol. The average Bonchev–Trinajstić information content (AvgIpc) is 2.93. The summed E-state index contributed by atoms with van der Waals surface area (Å²) in [6.45, 7) is 4.28. The first kappa shape index (κ1) is 16.1. The molecule has 0 bridgehead atoms. The molecule has 2 saturated heterocycles. The molecule has 22 heavy (non-hydrogen) atoms. The third-order valence-electron chi connectivity index (χ3n) is 4.66. The van der Waals surface area contributed by atoms with Crippen LogP contribution in [0.2, 0.25) is 0 Å². The minimum Gasteiger partial charge on any atom is -0.342 e. The van der Waals surface area contributed by atoms with Crippen LogP contribution in [-0.4, -0.2) is 53.7 Å². The van der Waals surface area contributed by atoms with Gasteiger partial charge in [-0.05, 0) is 12.8 Å². The molecule has 0 N–H and O–H groups in total. The number of aliphatic imine (C=N–C) groups is 1. The summed E-state index contributed by atoms with van der Waals surface area (Å²) in [5.74, 6) is 0.373. The molecular weight excluding hydrogens is 320 g/mol. The van der Waals surface area contributed by atoms with Crippen LogP contribution in [0.3, 0.4) is 0 Å². The predicted octanol–water partition coefficient (Wildman–Crippen LogP) is 1.85. The van der Waals surface area contributed by atoms with Gasteiger partial charge in [-0.2, -0.15) is 4.99 Å². The molecule has 3 fully saturated rings. The van der Waals surface area contributed by atoms with Crippen molar-refractivity contribution in [2.24, 2.45) is 10.9 Å². The van der Waals surface area contributed by atoms with Crippen molar-refractivity contribution in [2.75, 3.05) is 18.1 Å². The highest BCUT2D eigenvalue weighted by molar-refractivity contribution is 8.15. The fraction of sp³-hybridized carbons (Fsp3) is 0.733. The highest BCUT2D eigenvalue weighted by Crippen LogP contribution is 2.38. The van der Waals surface area contributed by atoms with E-state index in [9.17, 15) is 13.2 Å². The number of carbonyl (C=O) groups is 1. The zero-order valence-corrected chi connectivity index (χ0v) is 14.2. The maximum absolute atomic E-state index is 12.4. The molecule has 3 aliphatic rings. The minimum atomic E-state index is -2.97. The van der Waals surface area contributed by atoms with Gasteiger partial charge in [0, 0.05) is 17.7 Å². The molecule has 0 aromatic heterocycles. The van der Waals surface area contributed by atoms with Gasteiger partial charge in [0.2, 0.25) is 0 Å². The Bertz CT molecular complexity index is 594. The van der Waals surface area contributed by atoms with Crippen molar-refractivity contribution < 1.29 is 13.2 Å². The Kier molecular flexibility index (Phi) is 4.64. The zero-order valence-electron chi connectivity index (χ0n) is 12.6. The van der Waals surface area contributed by atoms with Crippen molar-refractivity contribution >= 4 is 32.7 Å². The standard InChI is InChI=1S/C15H22N2O3S2/c1-2-8-17-12-9-22(19,20)10-13(12)21-15(17)16-14(18)11-6-4-3-5-7-11/h2,11-13H,1,3-10H2/t12-,13-/m0/s1. The summed E-state index contributed by atoms with van der Waals surface area (Å²) in [4.78, 5) is 18.7. The molecule has 0 unspecified atom stereocenters. The second-order valence-corrected chi connectivity index (χ2v) is 9.67.